The molecule has 0 spiro atoms. The maximum Gasteiger partial charge on any atom is 0.490 e. The minimum Gasteiger partial charge on any atom is -0.423 e. The van der Waals surface area contributed by atoms with Crippen molar-refractivity contribution in [1.29, 1.82) is 0 Å². The zero-order valence-electron chi connectivity index (χ0n) is 19.6. The van der Waals surface area contributed by atoms with Crippen LogP contribution in [0.4, 0.5) is 17.1 Å². The zero-order chi connectivity index (χ0) is 24.0. The minimum atomic E-state index is -0.937. The monoisotopic (exact) mass is 455 g/mol. The highest BCUT2D eigenvalue weighted by atomic mass is 16.5. The molecule has 0 radical (unpaired) electrons. The van der Waals surface area contributed by atoms with E-state index in [-0.39, 0.29) is 0 Å². The van der Waals surface area contributed by atoms with Crippen LogP contribution in [0.15, 0.2) is 133 Å². The maximum absolute atomic E-state index is 10.0. The van der Waals surface area contributed by atoms with Gasteiger partial charge < -0.3 is 14.6 Å². The van der Waals surface area contributed by atoms with Gasteiger partial charge in [0.2, 0.25) is 0 Å². The number of rotatable bonds is 7. The zero-order valence-corrected chi connectivity index (χ0v) is 19.6. The Morgan fingerprint density at radius 2 is 0.829 bits per heavy atom. The molecule has 0 atom stereocenters. The fourth-order valence-corrected chi connectivity index (χ4v) is 4.24. The van der Waals surface area contributed by atoms with Crippen molar-refractivity contribution in [2.45, 2.75) is 0 Å². The van der Waals surface area contributed by atoms with Crippen LogP contribution in [0.1, 0.15) is 0 Å². The first-order valence-electron chi connectivity index (χ1n) is 11.6. The summed E-state index contributed by atoms with van der Waals surface area (Å²) < 4.78 is 5.06. The van der Waals surface area contributed by atoms with E-state index in [9.17, 15) is 5.02 Å². The second-order valence-corrected chi connectivity index (χ2v) is 8.34. The third-order valence-electron chi connectivity index (χ3n) is 6.12. The van der Waals surface area contributed by atoms with Gasteiger partial charge >= 0.3 is 7.12 Å². The van der Waals surface area contributed by atoms with Gasteiger partial charge in [0.15, 0.2) is 0 Å². The van der Waals surface area contributed by atoms with Crippen LogP contribution in [0.5, 0.6) is 0 Å². The minimum absolute atomic E-state index is 0.718. The average molecular weight is 455 g/mol. The predicted octanol–water partition coefficient (Wildman–Crippen LogP) is 6.82. The van der Waals surface area contributed by atoms with Crippen LogP contribution < -0.4 is 10.4 Å². The van der Waals surface area contributed by atoms with Gasteiger partial charge in [-0.1, -0.05) is 97.1 Å². The van der Waals surface area contributed by atoms with Gasteiger partial charge in [0.05, 0.1) is 0 Å². The van der Waals surface area contributed by atoms with Gasteiger partial charge in [-0.05, 0) is 64.1 Å². The van der Waals surface area contributed by atoms with E-state index in [2.05, 4.69) is 102 Å². The van der Waals surface area contributed by atoms with Gasteiger partial charge in [0, 0.05) is 24.2 Å². The Kier molecular flexibility index (Phi) is 6.76. The smallest absolute Gasteiger partial charge is 0.423 e. The molecule has 5 aromatic rings. The van der Waals surface area contributed by atoms with Crippen LogP contribution >= 0.6 is 0 Å². The molecule has 4 heteroatoms. The molecule has 3 nitrogen and oxygen atoms in total. The lowest BCUT2D eigenvalue weighted by Gasteiger charge is -2.26. The average Bonchev–Trinajstić information content (AvgIpc) is 2.95. The van der Waals surface area contributed by atoms with Crippen LogP contribution in [0.2, 0.25) is 0 Å². The van der Waals surface area contributed by atoms with E-state index in [4.69, 9.17) is 4.65 Å². The molecule has 35 heavy (non-hydrogen) atoms. The lowest BCUT2D eigenvalue weighted by molar-refractivity contribution is 0.341. The van der Waals surface area contributed by atoms with E-state index >= 15 is 0 Å². The molecule has 0 aromatic heterocycles. The molecule has 5 aromatic carbocycles. The van der Waals surface area contributed by atoms with Crippen LogP contribution in [-0.2, 0) is 4.65 Å². The molecular weight excluding hydrogens is 429 g/mol. The molecular formula is C31H26BNO2. The second-order valence-electron chi connectivity index (χ2n) is 8.34. The van der Waals surface area contributed by atoms with Gasteiger partial charge in [-0.25, -0.2) is 0 Å². The molecule has 0 amide bonds. The Hall–Kier alpha value is -4.12. The molecule has 5 rings (SSSR count). The number of benzene rings is 5. The number of hydrogen-bond acceptors (Lipinski definition) is 3. The topological polar surface area (TPSA) is 32.7 Å². The first-order chi connectivity index (χ1) is 17.2. The third kappa shape index (κ3) is 5.04. The molecule has 0 aliphatic rings. The molecule has 0 unspecified atom stereocenters. The fourth-order valence-electron chi connectivity index (χ4n) is 4.24. The van der Waals surface area contributed by atoms with Crippen molar-refractivity contribution in [2.24, 2.45) is 0 Å². The van der Waals surface area contributed by atoms with Gasteiger partial charge in [-0.3, -0.25) is 0 Å². The van der Waals surface area contributed by atoms with E-state index in [1.807, 2.05) is 36.4 Å². The van der Waals surface area contributed by atoms with Gasteiger partial charge in [-0.2, -0.15) is 0 Å². The van der Waals surface area contributed by atoms with Gasteiger partial charge in [-0.15, -0.1) is 0 Å². The van der Waals surface area contributed by atoms with Crippen molar-refractivity contribution < 1.29 is 9.68 Å². The Morgan fingerprint density at radius 3 is 1.20 bits per heavy atom. The summed E-state index contributed by atoms with van der Waals surface area (Å²) in [6.45, 7) is 0. The van der Waals surface area contributed by atoms with Crippen molar-refractivity contribution in [3.05, 3.63) is 133 Å². The summed E-state index contributed by atoms with van der Waals surface area (Å²) in [6, 6.07) is 45.8. The Balaban J connectivity index is 1.53. The van der Waals surface area contributed by atoms with E-state index < -0.39 is 7.12 Å². The highest BCUT2D eigenvalue weighted by molar-refractivity contribution is 6.59. The molecule has 0 aliphatic carbocycles. The number of anilines is 3. The van der Waals surface area contributed by atoms with Crippen LogP contribution in [-0.4, -0.2) is 19.3 Å². The predicted molar refractivity (Wildman–Crippen MR) is 147 cm³/mol. The third-order valence-corrected chi connectivity index (χ3v) is 6.12. The molecule has 0 bridgehead atoms. The van der Waals surface area contributed by atoms with E-state index in [1.165, 1.54) is 29.4 Å². The van der Waals surface area contributed by atoms with Gasteiger partial charge in [0.1, 0.15) is 0 Å². The van der Waals surface area contributed by atoms with Crippen molar-refractivity contribution in [1.82, 2.24) is 0 Å². The molecule has 1 N–H and O–H groups in total. The first-order valence-corrected chi connectivity index (χ1v) is 11.6. The molecule has 170 valence electrons. The van der Waals surface area contributed by atoms with E-state index in [0.717, 1.165) is 22.5 Å². The van der Waals surface area contributed by atoms with E-state index in [0.29, 0.717) is 0 Å². The van der Waals surface area contributed by atoms with Crippen LogP contribution in [0.3, 0.4) is 0 Å². The normalized spacial score (nSPS) is 10.7. The first kappa shape index (κ1) is 22.7. The Labute approximate surface area is 207 Å². The summed E-state index contributed by atoms with van der Waals surface area (Å²) in [6.07, 6.45) is 0. The molecule has 0 aliphatic heterocycles. The second kappa shape index (κ2) is 10.4. The Bertz CT molecular complexity index is 1270. The number of hydrogen-bond donors (Lipinski definition) is 1. The van der Waals surface area contributed by atoms with Crippen LogP contribution in [0, 0.1) is 0 Å². The molecule has 0 fully saturated rings. The molecule has 0 saturated heterocycles. The summed E-state index contributed by atoms with van der Waals surface area (Å²) >= 11 is 0. The summed E-state index contributed by atoms with van der Waals surface area (Å²) in [7, 11) is 0.556. The molecule has 0 heterocycles. The quantitative estimate of drug-likeness (QED) is 0.273. The maximum atomic E-state index is 10.0. The van der Waals surface area contributed by atoms with Crippen molar-refractivity contribution in [3.8, 4) is 22.3 Å². The lowest BCUT2D eigenvalue weighted by atomic mass is 9.80. The standard InChI is InChI=1S/C31H26BNO2/c1-35-32(34)28-16-22-31(23-17-28)33(29-18-12-26(13-19-29)24-8-4-2-5-9-24)30-20-14-27(15-21-30)25-10-6-3-7-11-25/h2-23,34H,1H3. The SMILES string of the molecule is COB(O)c1ccc(N(c2ccc(-c3ccccc3)cc2)c2ccc(-c3ccccc3)cc2)cc1. The van der Waals surface area contributed by atoms with Crippen molar-refractivity contribution >= 4 is 29.6 Å². The summed E-state index contributed by atoms with van der Waals surface area (Å²) in [4.78, 5) is 2.21. The Morgan fingerprint density at radius 1 is 0.486 bits per heavy atom. The van der Waals surface area contributed by atoms with Gasteiger partial charge in [0.25, 0.3) is 0 Å². The highest BCUT2D eigenvalue weighted by Gasteiger charge is 2.17. The fraction of sp³-hybridized carbons (Fsp3) is 0.0323. The highest BCUT2D eigenvalue weighted by Crippen LogP contribution is 2.36. The summed E-state index contributed by atoms with van der Waals surface area (Å²) in [5, 5.41) is 10.0. The number of nitrogens with zero attached hydrogens (tertiary/aromatic N) is 1. The van der Waals surface area contributed by atoms with E-state index in [1.54, 1.807) is 0 Å². The largest absolute Gasteiger partial charge is 0.490 e. The molecule has 0 saturated carbocycles. The van der Waals surface area contributed by atoms with Crippen molar-refractivity contribution in [3.63, 3.8) is 0 Å². The van der Waals surface area contributed by atoms with Crippen molar-refractivity contribution in [2.75, 3.05) is 12.0 Å². The summed E-state index contributed by atoms with van der Waals surface area (Å²) in [5.41, 5.74) is 8.55. The lowest BCUT2D eigenvalue weighted by Crippen LogP contribution is -2.32. The summed E-state index contributed by atoms with van der Waals surface area (Å²) in [5.74, 6) is 0. The van der Waals surface area contributed by atoms with Crippen LogP contribution in [0.25, 0.3) is 22.3 Å².